The van der Waals surface area contributed by atoms with Gasteiger partial charge in [0.05, 0.1) is 0 Å². The third-order valence-corrected chi connectivity index (χ3v) is 6.33. The van der Waals surface area contributed by atoms with Crippen LogP contribution in [0.15, 0.2) is 48.3 Å². The average Bonchev–Trinajstić information content (AvgIpc) is 2.69. The van der Waals surface area contributed by atoms with Crippen molar-refractivity contribution in [2.45, 2.75) is 57.3 Å². The van der Waals surface area contributed by atoms with Crippen molar-refractivity contribution in [2.24, 2.45) is 17.8 Å². The summed E-state index contributed by atoms with van der Waals surface area (Å²) in [6.45, 7) is 0. The molecule has 2 aliphatic carbocycles. The molecule has 138 valence electrons. The van der Waals surface area contributed by atoms with Crippen LogP contribution >= 0.6 is 0 Å². The highest BCUT2D eigenvalue weighted by Gasteiger charge is 2.30. The molecule has 2 saturated carbocycles. The Morgan fingerprint density at radius 2 is 1.50 bits per heavy atom. The highest BCUT2D eigenvalue weighted by Crippen LogP contribution is 2.44. The van der Waals surface area contributed by atoms with Gasteiger partial charge in [0.1, 0.15) is 11.9 Å². The summed E-state index contributed by atoms with van der Waals surface area (Å²) in [5.74, 6) is 1.87. The van der Waals surface area contributed by atoms with Gasteiger partial charge in [0.25, 0.3) is 0 Å². The molecule has 2 aliphatic rings. The summed E-state index contributed by atoms with van der Waals surface area (Å²) in [5.41, 5.74) is 1.29. The molecule has 3 rings (SSSR count). The summed E-state index contributed by atoms with van der Waals surface area (Å²) in [6.07, 6.45) is 14.8. The molecule has 0 bridgehead atoms. The monoisotopic (exact) mass is 355 g/mol. The Kier molecular flexibility index (Phi) is 6.61. The number of nitrogens with zero attached hydrogens (tertiary/aromatic N) is 1. The van der Waals surface area contributed by atoms with Crippen molar-refractivity contribution in [3.63, 3.8) is 0 Å². The molecule has 26 heavy (non-hydrogen) atoms. The van der Waals surface area contributed by atoms with Gasteiger partial charge in [0, 0.05) is 0 Å². The Morgan fingerprint density at radius 3 is 2.08 bits per heavy atom. The lowest BCUT2D eigenvalue weighted by atomic mass is 9.68. The second-order valence-electron chi connectivity index (χ2n) is 7.85. The maximum absolute atomic E-state index is 13.1. The highest BCUT2D eigenvalue weighted by atomic mass is 19.1. The minimum Gasteiger partial charge on any atom is -0.207 e. The van der Waals surface area contributed by atoms with Crippen LogP contribution in [0.3, 0.4) is 0 Å². The lowest BCUT2D eigenvalue weighted by Gasteiger charge is -2.37. The molecule has 1 nitrogen and oxygen atoms in total. The molecule has 0 atom stereocenters. The average molecular weight is 355 g/mol. The predicted octanol–water partition coefficient (Wildman–Crippen LogP) is 6.84. The SMILES string of the molecule is N#C/C(F)=C/C=C/C1CCC(C2CCC(c3ccc(F)cc3)CC2)CC1. The maximum Gasteiger partial charge on any atom is 0.199 e. The van der Waals surface area contributed by atoms with Crippen molar-refractivity contribution >= 4 is 0 Å². The van der Waals surface area contributed by atoms with Gasteiger partial charge in [0.15, 0.2) is 5.83 Å². The molecule has 0 saturated heterocycles. The lowest BCUT2D eigenvalue weighted by molar-refractivity contribution is 0.171. The molecule has 0 spiro atoms. The van der Waals surface area contributed by atoms with Crippen LogP contribution in [0.25, 0.3) is 0 Å². The normalized spacial score (nSPS) is 30.3. The minimum absolute atomic E-state index is 0.154. The van der Waals surface area contributed by atoms with Gasteiger partial charge in [0.2, 0.25) is 0 Å². The van der Waals surface area contributed by atoms with Gasteiger partial charge < -0.3 is 0 Å². The second kappa shape index (κ2) is 9.12. The first-order valence-corrected chi connectivity index (χ1v) is 9.85. The molecular formula is C23H27F2N. The molecule has 0 N–H and O–H groups in total. The molecule has 0 aliphatic heterocycles. The Labute approximate surface area is 155 Å². The number of rotatable bonds is 4. The lowest BCUT2D eigenvalue weighted by Crippen LogP contribution is -2.25. The third kappa shape index (κ3) is 5.04. The summed E-state index contributed by atoms with van der Waals surface area (Å²) >= 11 is 0. The molecular weight excluding hydrogens is 328 g/mol. The molecule has 0 heterocycles. The molecule has 0 aromatic heterocycles. The van der Waals surface area contributed by atoms with E-state index < -0.39 is 5.83 Å². The minimum atomic E-state index is -0.729. The van der Waals surface area contributed by atoms with E-state index in [2.05, 4.69) is 6.08 Å². The molecule has 1 aromatic rings. The Bertz CT molecular complexity index is 667. The third-order valence-electron chi connectivity index (χ3n) is 6.33. The summed E-state index contributed by atoms with van der Waals surface area (Å²) in [6, 6.07) is 8.54. The van der Waals surface area contributed by atoms with E-state index in [9.17, 15) is 8.78 Å². The summed E-state index contributed by atoms with van der Waals surface area (Å²) in [4.78, 5) is 0. The topological polar surface area (TPSA) is 23.8 Å². The van der Waals surface area contributed by atoms with E-state index in [4.69, 9.17) is 5.26 Å². The Balaban J connectivity index is 1.43. The van der Waals surface area contributed by atoms with Gasteiger partial charge in [-0.2, -0.15) is 9.65 Å². The van der Waals surface area contributed by atoms with Crippen molar-refractivity contribution in [1.29, 1.82) is 5.26 Å². The number of benzene rings is 1. The zero-order valence-corrected chi connectivity index (χ0v) is 15.2. The fourth-order valence-electron chi connectivity index (χ4n) is 4.80. The number of hydrogen-bond donors (Lipinski definition) is 0. The first-order chi connectivity index (χ1) is 12.7. The molecule has 0 radical (unpaired) electrons. The standard InChI is InChI=1S/C23H27F2N/c24-22-14-12-21(13-15-22)20-10-8-19(9-11-20)18-6-4-17(5-7-18)2-1-3-23(25)16-26/h1-3,12-15,17-20H,4-11H2/b2-1+,23-3-. The Morgan fingerprint density at radius 1 is 0.923 bits per heavy atom. The van der Waals surface area contributed by atoms with Crippen molar-refractivity contribution in [2.75, 3.05) is 0 Å². The van der Waals surface area contributed by atoms with Crippen molar-refractivity contribution in [3.8, 4) is 6.07 Å². The van der Waals surface area contributed by atoms with Crippen LogP contribution in [0.5, 0.6) is 0 Å². The van der Waals surface area contributed by atoms with Gasteiger partial charge in [-0.1, -0.05) is 24.3 Å². The van der Waals surface area contributed by atoms with E-state index in [1.54, 1.807) is 18.2 Å². The summed E-state index contributed by atoms with van der Waals surface area (Å²) in [5, 5.41) is 8.41. The molecule has 3 heteroatoms. The number of halogens is 2. The van der Waals surface area contributed by atoms with Crippen LogP contribution in [0.4, 0.5) is 8.78 Å². The molecule has 0 unspecified atom stereocenters. The van der Waals surface area contributed by atoms with E-state index in [0.29, 0.717) is 11.8 Å². The van der Waals surface area contributed by atoms with Crippen LogP contribution < -0.4 is 0 Å². The van der Waals surface area contributed by atoms with Crippen LogP contribution in [0, 0.1) is 34.9 Å². The van der Waals surface area contributed by atoms with Crippen molar-refractivity contribution in [1.82, 2.24) is 0 Å². The number of nitriles is 1. The van der Waals surface area contributed by atoms with Crippen LogP contribution in [-0.4, -0.2) is 0 Å². The smallest absolute Gasteiger partial charge is 0.199 e. The van der Waals surface area contributed by atoms with Gasteiger partial charge in [-0.3, -0.25) is 0 Å². The van der Waals surface area contributed by atoms with Crippen LogP contribution in [0.1, 0.15) is 62.8 Å². The van der Waals surface area contributed by atoms with Crippen LogP contribution in [-0.2, 0) is 0 Å². The first kappa shape index (κ1) is 18.8. The quantitative estimate of drug-likeness (QED) is 0.428. The summed E-state index contributed by atoms with van der Waals surface area (Å²) in [7, 11) is 0. The zero-order chi connectivity index (χ0) is 18.4. The van der Waals surface area contributed by atoms with E-state index in [0.717, 1.165) is 11.8 Å². The fourth-order valence-corrected chi connectivity index (χ4v) is 4.80. The van der Waals surface area contributed by atoms with Crippen molar-refractivity contribution in [3.05, 3.63) is 59.7 Å². The highest BCUT2D eigenvalue weighted by molar-refractivity contribution is 5.21. The van der Waals surface area contributed by atoms with Crippen molar-refractivity contribution < 1.29 is 8.78 Å². The van der Waals surface area contributed by atoms with Gasteiger partial charge in [-0.15, -0.1) is 0 Å². The van der Waals surface area contributed by atoms with E-state index >= 15 is 0 Å². The molecule has 1 aromatic carbocycles. The maximum atomic E-state index is 13.1. The predicted molar refractivity (Wildman–Crippen MR) is 100 cm³/mol. The number of allylic oxidation sites excluding steroid dienone is 4. The van der Waals surface area contributed by atoms with E-state index in [1.165, 1.54) is 69.1 Å². The molecule has 2 fully saturated rings. The summed E-state index contributed by atoms with van der Waals surface area (Å²) < 4.78 is 25.9. The Hall–Kier alpha value is -1.95. The van der Waals surface area contributed by atoms with Gasteiger partial charge in [-0.05, 0) is 98.8 Å². The first-order valence-electron chi connectivity index (χ1n) is 9.85. The fraction of sp³-hybridized carbons (Fsp3) is 0.522. The van der Waals surface area contributed by atoms with E-state index in [1.807, 2.05) is 12.1 Å². The van der Waals surface area contributed by atoms with Gasteiger partial charge >= 0.3 is 0 Å². The van der Waals surface area contributed by atoms with Gasteiger partial charge in [-0.25, -0.2) is 4.39 Å². The zero-order valence-electron chi connectivity index (χ0n) is 15.2. The second-order valence-corrected chi connectivity index (χ2v) is 7.85. The van der Waals surface area contributed by atoms with Crippen LogP contribution in [0.2, 0.25) is 0 Å². The molecule has 0 amide bonds. The van der Waals surface area contributed by atoms with E-state index in [-0.39, 0.29) is 5.82 Å². The largest absolute Gasteiger partial charge is 0.207 e. The number of hydrogen-bond acceptors (Lipinski definition) is 1.